The number of carbonyl (C=O) groups is 1. The lowest BCUT2D eigenvalue weighted by atomic mass is 10.1. The molecule has 4 nitrogen and oxygen atoms in total. The van der Waals surface area contributed by atoms with E-state index in [-0.39, 0.29) is 0 Å². The van der Waals surface area contributed by atoms with Crippen molar-refractivity contribution >= 4 is 5.91 Å². The third-order valence-electron chi connectivity index (χ3n) is 3.76. The minimum Gasteiger partial charge on any atom is -0.340 e. The van der Waals surface area contributed by atoms with Gasteiger partial charge in [-0.15, -0.1) is 0 Å². The van der Waals surface area contributed by atoms with Crippen LogP contribution in [0.1, 0.15) is 26.2 Å². The first-order valence-corrected chi connectivity index (χ1v) is 6.53. The molecule has 0 aliphatic carbocycles. The van der Waals surface area contributed by atoms with Crippen molar-refractivity contribution in [3.8, 4) is 0 Å². The van der Waals surface area contributed by atoms with Crippen LogP contribution in [0, 0.1) is 0 Å². The molecule has 2 heterocycles. The fraction of sp³-hybridized carbons (Fsp3) is 0.917. The summed E-state index contributed by atoms with van der Waals surface area (Å²) in [6.45, 7) is 8.28. The number of hydrogen-bond donors (Lipinski definition) is 1. The van der Waals surface area contributed by atoms with Crippen LogP contribution in [-0.4, -0.2) is 61.0 Å². The Hall–Kier alpha value is -0.610. The van der Waals surface area contributed by atoms with Gasteiger partial charge >= 0.3 is 0 Å². The van der Waals surface area contributed by atoms with Gasteiger partial charge in [-0.05, 0) is 25.9 Å². The van der Waals surface area contributed by atoms with Gasteiger partial charge in [0.2, 0.25) is 5.91 Å². The van der Waals surface area contributed by atoms with E-state index in [2.05, 4.69) is 17.1 Å². The minimum absolute atomic E-state index is 0.343. The fourth-order valence-corrected chi connectivity index (χ4v) is 2.58. The predicted octanol–water partition coefficient (Wildman–Crippen LogP) is 0.293. The van der Waals surface area contributed by atoms with E-state index in [0.29, 0.717) is 18.4 Å². The highest BCUT2D eigenvalue weighted by molar-refractivity contribution is 5.77. The van der Waals surface area contributed by atoms with Crippen LogP contribution in [-0.2, 0) is 4.79 Å². The number of nitrogens with zero attached hydrogens (tertiary/aromatic N) is 2. The lowest BCUT2D eigenvalue weighted by Gasteiger charge is -2.34. The van der Waals surface area contributed by atoms with Crippen LogP contribution in [0.5, 0.6) is 0 Å². The number of amides is 1. The van der Waals surface area contributed by atoms with E-state index < -0.39 is 0 Å². The molecule has 2 aliphatic rings. The molecule has 2 aliphatic heterocycles. The average Bonchev–Trinajstić information content (AvgIpc) is 2.82. The highest BCUT2D eigenvalue weighted by Crippen LogP contribution is 2.11. The molecule has 4 heteroatoms. The number of nitrogens with one attached hydrogen (secondary N) is 1. The van der Waals surface area contributed by atoms with Gasteiger partial charge in [-0.3, -0.25) is 4.79 Å². The molecule has 92 valence electrons. The molecule has 1 N–H and O–H groups in total. The summed E-state index contributed by atoms with van der Waals surface area (Å²) < 4.78 is 0. The monoisotopic (exact) mass is 225 g/mol. The van der Waals surface area contributed by atoms with Crippen molar-refractivity contribution in [3.63, 3.8) is 0 Å². The molecule has 2 rings (SSSR count). The van der Waals surface area contributed by atoms with Crippen LogP contribution in [0.4, 0.5) is 0 Å². The number of rotatable bonds is 3. The summed E-state index contributed by atoms with van der Waals surface area (Å²) >= 11 is 0. The van der Waals surface area contributed by atoms with Crippen molar-refractivity contribution < 1.29 is 4.79 Å². The highest BCUT2D eigenvalue weighted by atomic mass is 16.2. The van der Waals surface area contributed by atoms with E-state index >= 15 is 0 Å². The second-order valence-corrected chi connectivity index (χ2v) is 4.81. The molecule has 0 bridgehead atoms. The lowest BCUT2D eigenvalue weighted by molar-refractivity contribution is -0.133. The van der Waals surface area contributed by atoms with E-state index in [1.165, 1.54) is 12.8 Å². The maximum atomic E-state index is 12.0. The average molecular weight is 225 g/mol. The molecule has 0 aromatic carbocycles. The first-order valence-electron chi connectivity index (χ1n) is 6.53. The Labute approximate surface area is 98.0 Å². The molecular formula is C12H23N3O. The molecule has 0 saturated carbocycles. The Morgan fingerprint density at radius 3 is 2.62 bits per heavy atom. The van der Waals surface area contributed by atoms with Gasteiger partial charge in [0.25, 0.3) is 0 Å². The Balaban J connectivity index is 1.73. The molecule has 0 aromatic heterocycles. The van der Waals surface area contributed by atoms with Gasteiger partial charge in [0.05, 0.1) is 0 Å². The maximum Gasteiger partial charge on any atom is 0.224 e. The minimum atomic E-state index is 0.343. The van der Waals surface area contributed by atoms with Gasteiger partial charge < -0.3 is 15.1 Å². The Bertz CT molecular complexity index is 230. The largest absolute Gasteiger partial charge is 0.340 e. The van der Waals surface area contributed by atoms with Crippen molar-refractivity contribution in [2.45, 2.75) is 32.2 Å². The van der Waals surface area contributed by atoms with Gasteiger partial charge in [-0.25, -0.2) is 0 Å². The highest BCUT2D eigenvalue weighted by Gasteiger charge is 2.24. The van der Waals surface area contributed by atoms with Gasteiger partial charge in [0.15, 0.2) is 0 Å². The number of hydrogen-bond acceptors (Lipinski definition) is 3. The summed E-state index contributed by atoms with van der Waals surface area (Å²) in [5.74, 6) is 0.343. The van der Waals surface area contributed by atoms with E-state index in [9.17, 15) is 4.79 Å². The first-order chi connectivity index (χ1) is 7.79. The quantitative estimate of drug-likeness (QED) is 0.750. The van der Waals surface area contributed by atoms with Crippen molar-refractivity contribution in [2.75, 3.05) is 39.3 Å². The summed E-state index contributed by atoms with van der Waals surface area (Å²) in [4.78, 5) is 16.5. The molecule has 0 aromatic rings. The van der Waals surface area contributed by atoms with Crippen molar-refractivity contribution in [1.82, 2.24) is 15.1 Å². The van der Waals surface area contributed by atoms with Crippen molar-refractivity contribution in [2.24, 2.45) is 0 Å². The first kappa shape index (κ1) is 11.9. The molecule has 1 unspecified atom stereocenters. The van der Waals surface area contributed by atoms with E-state index in [1.807, 2.05) is 4.90 Å². The molecular weight excluding hydrogens is 202 g/mol. The standard InChI is InChI=1S/C12H23N3O/c1-2-14-6-8-15(9-7-14)12(16)10-11-4-3-5-13-11/h11,13H,2-10H2,1H3. The summed E-state index contributed by atoms with van der Waals surface area (Å²) in [5, 5.41) is 3.39. The van der Waals surface area contributed by atoms with Crippen LogP contribution in [0.3, 0.4) is 0 Å². The summed E-state index contributed by atoms with van der Waals surface area (Å²) in [6.07, 6.45) is 3.09. The second kappa shape index (κ2) is 5.64. The zero-order valence-electron chi connectivity index (χ0n) is 10.2. The molecule has 1 amide bonds. The Morgan fingerprint density at radius 1 is 1.31 bits per heavy atom. The van der Waals surface area contributed by atoms with E-state index in [0.717, 1.165) is 39.3 Å². The fourth-order valence-electron chi connectivity index (χ4n) is 2.58. The zero-order chi connectivity index (χ0) is 11.4. The molecule has 0 radical (unpaired) electrons. The molecule has 2 saturated heterocycles. The van der Waals surface area contributed by atoms with Crippen molar-refractivity contribution in [3.05, 3.63) is 0 Å². The van der Waals surface area contributed by atoms with Gasteiger partial charge in [0.1, 0.15) is 0 Å². The van der Waals surface area contributed by atoms with E-state index in [4.69, 9.17) is 0 Å². The molecule has 2 fully saturated rings. The van der Waals surface area contributed by atoms with Crippen LogP contribution in [0.2, 0.25) is 0 Å². The van der Waals surface area contributed by atoms with Crippen LogP contribution in [0.15, 0.2) is 0 Å². The van der Waals surface area contributed by atoms with Gasteiger partial charge in [0, 0.05) is 38.6 Å². The van der Waals surface area contributed by atoms with E-state index in [1.54, 1.807) is 0 Å². The van der Waals surface area contributed by atoms with Gasteiger partial charge in [-0.2, -0.15) is 0 Å². The molecule has 1 atom stereocenters. The van der Waals surface area contributed by atoms with Gasteiger partial charge in [-0.1, -0.05) is 6.92 Å². The predicted molar refractivity (Wildman–Crippen MR) is 64.3 cm³/mol. The topological polar surface area (TPSA) is 35.6 Å². The SMILES string of the molecule is CCN1CCN(C(=O)CC2CCCN2)CC1. The van der Waals surface area contributed by atoms with Crippen molar-refractivity contribution in [1.29, 1.82) is 0 Å². The normalized spacial score (nSPS) is 27.3. The third kappa shape index (κ3) is 2.95. The second-order valence-electron chi connectivity index (χ2n) is 4.81. The molecule has 0 spiro atoms. The molecule has 16 heavy (non-hydrogen) atoms. The number of likely N-dealkylation sites (N-methyl/N-ethyl adjacent to an activating group) is 1. The zero-order valence-corrected chi connectivity index (χ0v) is 10.2. The lowest BCUT2D eigenvalue weighted by Crippen LogP contribution is -2.49. The summed E-state index contributed by atoms with van der Waals surface area (Å²) in [5.41, 5.74) is 0. The Kier molecular flexibility index (Phi) is 4.18. The van der Waals surface area contributed by atoms with Crippen LogP contribution >= 0.6 is 0 Å². The van der Waals surface area contributed by atoms with Crippen LogP contribution in [0.25, 0.3) is 0 Å². The third-order valence-corrected chi connectivity index (χ3v) is 3.76. The maximum absolute atomic E-state index is 12.0. The number of piperazine rings is 1. The summed E-state index contributed by atoms with van der Waals surface area (Å²) in [7, 11) is 0. The van der Waals surface area contributed by atoms with Crippen LogP contribution < -0.4 is 5.32 Å². The Morgan fingerprint density at radius 2 is 2.06 bits per heavy atom. The summed E-state index contributed by atoms with van der Waals surface area (Å²) in [6, 6.07) is 0.441. The number of carbonyl (C=O) groups excluding carboxylic acids is 1. The smallest absolute Gasteiger partial charge is 0.224 e.